The first-order valence-electron chi connectivity index (χ1n) is 4.82. The van der Waals surface area contributed by atoms with E-state index >= 15 is 0 Å². The number of nitrogens with two attached hydrogens (primary N) is 1. The second-order valence-electron chi connectivity index (χ2n) is 3.70. The quantitative estimate of drug-likeness (QED) is 0.743. The topological polar surface area (TPSA) is 72.0 Å². The van der Waals surface area contributed by atoms with E-state index in [2.05, 4.69) is 9.97 Å². The Bertz CT molecular complexity index is 263. The molecule has 0 amide bonds. The van der Waals surface area contributed by atoms with Crippen LogP contribution in [0.15, 0.2) is 18.5 Å². The third-order valence-electron chi connectivity index (χ3n) is 2.38. The molecule has 0 saturated carbocycles. The van der Waals surface area contributed by atoms with Gasteiger partial charge in [-0.05, 0) is 18.5 Å². The van der Waals surface area contributed by atoms with Crippen molar-refractivity contribution in [3.63, 3.8) is 0 Å². The normalized spacial score (nSPS) is 15.5. The lowest BCUT2D eigenvalue weighted by molar-refractivity contribution is 0.0782. The molecule has 4 heteroatoms. The molecule has 1 aromatic rings. The van der Waals surface area contributed by atoms with Crippen LogP contribution < -0.4 is 5.73 Å². The molecular formula is C10H17N3O. The van der Waals surface area contributed by atoms with Crippen LogP contribution in [0.25, 0.3) is 0 Å². The largest absolute Gasteiger partial charge is 0.385 e. The van der Waals surface area contributed by atoms with Crippen molar-refractivity contribution in [1.82, 2.24) is 9.97 Å². The highest BCUT2D eigenvalue weighted by molar-refractivity contribution is 4.95. The summed E-state index contributed by atoms with van der Waals surface area (Å²) in [6.45, 7) is 4.50. The van der Waals surface area contributed by atoms with Crippen LogP contribution in [0.1, 0.15) is 25.8 Å². The molecule has 1 rings (SSSR count). The second-order valence-corrected chi connectivity index (χ2v) is 3.70. The maximum atomic E-state index is 9.95. The van der Waals surface area contributed by atoms with Crippen LogP contribution in [-0.2, 0) is 0 Å². The van der Waals surface area contributed by atoms with E-state index in [1.807, 2.05) is 13.8 Å². The maximum absolute atomic E-state index is 9.95. The van der Waals surface area contributed by atoms with E-state index in [9.17, 15) is 5.11 Å². The molecule has 14 heavy (non-hydrogen) atoms. The molecule has 0 spiro atoms. The molecule has 0 bridgehead atoms. The Labute approximate surface area is 84.2 Å². The van der Waals surface area contributed by atoms with Crippen LogP contribution in [0.3, 0.4) is 0 Å². The van der Waals surface area contributed by atoms with Gasteiger partial charge in [0.2, 0.25) is 0 Å². The summed E-state index contributed by atoms with van der Waals surface area (Å²) in [5.41, 5.74) is 5.60. The third-order valence-corrected chi connectivity index (χ3v) is 2.38. The van der Waals surface area contributed by atoms with Crippen LogP contribution in [0.4, 0.5) is 0 Å². The average Bonchev–Trinajstić information content (AvgIpc) is 2.19. The van der Waals surface area contributed by atoms with Crippen molar-refractivity contribution in [3.8, 4) is 0 Å². The first-order valence-corrected chi connectivity index (χ1v) is 4.82. The molecule has 3 N–H and O–H groups in total. The zero-order valence-electron chi connectivity index (χ0n) is 8.59. The Hall–Kier alpha value is -1.00. The Morgan fingerprint density at radius 2 is 1.93 bits per heavy atom. The summed E-state index contributed by atoms with van der Waals surface area (Å²) in [6.07, 6.45) is 2.58. The summed E-state index contributed by atoms with van der Waals surface area (Å²) in [5.74, 6) is 0.785. The first kappa shape index (κ1) is 11.1. The van der Waals surface area contributed by atoms with Crippen molar-refractivity contribution in [2.24, 2.45) is 17.6 Å². The van der Waals surface area contributed by atoms with Crippen LogP contribution in [0.2, 0.25) is 0 Å². The predicted molar refractivity (Wildman–Crippen MR) is 54.4 cm³/mol. The summed E-state index contributed by atoms with van der Waals surface area (Å²) in [5, 5.41) is 9.95. The van der Waals surface area contributed by atoms with Gasteiger partial charge in [0.25, 0.3) is 0 Å². The SMILES string of the molecule is CC(C)C(CN)C(O)c1ncccn1. The molecule has 78 valence electrons. The van der Waals surface area contributed by atoms with Gasteiger partial charge in [-0.1, -0.05) is 13.8 Å². The minimum Gasteiger partial charge on any atom is -0.385 e. The highest BCUT2D eigenvalue weighted by atomic mass is 16.3. The van der Waals surface area contributed by atoms with Gasteiger partial charge >= 0.3 is 0 Å². The molecule has 2 atom stereocenters. The molecule has 0 aliphatic heterocycles. The Kier molecular flexibility index (Phi) is 3.98. The van der Waals surface area contributed by atoms with Gasteiger partial charge in [0.15, 0.2) is 5.82 Å². The van der Waals surface area contributed by atoms with E-state index in [0.717, 1.165) is 0 Å². The van der Waals surface area contributed by atoms with Gasteiger partial charge in [-0.25, -0.2) is 9.97 Å². The number of hydrogen-bond acceptors (Lipinski definition) is 4. The van der Waals surface area contributed by atoms with Gasteiger partial charge in [-0.15, -0.1) is 0 Å². The molecule has 4 nitrogen and oxygen atoms in total. The molecule has 0 aliphatic rings. The number of rotatable bonds is 4. The zero-order valence-corrected chi connectivity index (χ0v) is 8.59. The maximum Gasteiger partial charge on any atom is 0.157 e. The van der Waals surface area contributed by atoms with Crippen LogP contribution in [-0.4, -0.2) is 21.6 Å². The highest BCUT2D eigenvalue weighted by Crippen LogP contribution is 2.24. The van der Waals surface area contributed by atoms with Crippen molar-refractivity contribution < 1.29 is 5.11 Å². The van der Waals surface area contributed by atoms with E-state index < -0.39 is 6.10 Å². The van der Waals surface area contributed by atoms with Crippen LogP contribution in [0.5, 0.6) is 0 Å². The fourth-order valence-electron chi connectivity index (χ4n) is 1.42. The lowest BCUT2D eigenvalue weighted by Gasteiger charge is -2.23. The lowest BCUT2D eigenvalue weighted by atomic mass is 9.90. The van der Waals surface area contributed by atoms with Crippen molar-refractivity contribution in [2.45, 2.75) is 20.0 Å². The van der Waals surface area contributed by atoms with Crippen molar-refractivity contribution in [2.75, 3.05) is 6.54 Å². The van der Waals surface area contributed by atoms with E-state index in [4.69, 9.17) is 5.73 Å². The van der Waals surface area contributed by atoms with E-state index in [1.54, 1.807) is 18.5 Å². The molecule has 0 saturated heterocycles. The van der Waals surface area contributed by atoms with Gasteiger partial charge in [-0.3, -0.25) is 0 Å². The summed E-state index contributed by atoms with van der Waals surface area (Å²) in [7, 11) is 0. The Balaban J connectivity index is 2.78. The zero-order chi connectivity index (χ0) is 10.6. The first-order chi connectivity index (χ1) is 6.66. The number of nitrogens with zero attached hydrogens (tertiary/aromatic N) is 2. The monoisotopic (exact) mass is 195 g/mol. The number of aromatic nitrogens is 2. The van der Waals surface area contributed by atoms with Crippen molar-refractivity contribution >= 4 is 0 Å². The Morgan fingerprint density at radius 3 is 2.36 bits per heavy atom. The van der Waals surface area contributed by atoms with E-state index in [-0.39, 0.29) is 5.92 Å². The molecule has 2 unspecified atom stereocenters. The van der Waals surface area contributed by atoms with Gasteiger partial charge in [0.1, 0.15) is 6.10 Å². The van der Waals surface area contributed by atoms with Crippen molar-refractivity contribution in [1.29, 1.82) is 0 Å². The number of aliphatic hydroxyl groups excluding tert-OH is 1. The minimum absolute atomic E-state index is 0.0115. The summed E-state index contributed by atoms with van der Waals surface area (Å²) >= 11 is 0. The molecule has 0 radical (unpaired) electrons. The molecule has 0 aromatic carbocycles. The fraction of sp³-hybridized carbons (Fsp3) is 0.600. The van der Waals surface area contributed by atoms with E-state index in [1.165, 1.54) is 0 Å². The van der Waals surface area contributed by atoms with Gasteiger partial charge in [-0.2, -0.15) is 0 Å². The summed E-state index contributed by atoms with van der Waals surface area (Å²) < 4.78 is 0. The van der Waals surface area contributed by atoms with Crippen LogP contribution >= 0.6 is 0 Å². The average molecular weight is 195 g/mol. The van der Waals surface area contributed by atoms with Crippen LogP contribution in [0, 0.1) is 11.8 Å². The summed E-state index contributed by atoms with van der Waals surface area (Å²) in [6, 6.07) is 1.73. The Morgan fingerprint density at radius 1 is 1.36 bits per heavy atom. The van der Waals surface area contributed by atoms with Gasteiger partial charge in [0, 0.05) is 18.3 Å². The highest BCUT2D eigenvalue weighted by Gasteiger charge is 2.24. The second kappa shape index (κ2) is 5.02. The van der Waals surface area contributed by atoms with Gasteiger partial charge < -0.3 is 10.8 Å². The smallest absolute Gasteiger partial charge is 0.157 e. The number of hydrogen-bond donors (Lipinski definition) is 2. The standard InChI is InChI=1S/C10H17N3O/c1-7(2)8(6-11)9(14)10-12-4-3-5-13-10/h3-5,7-9,14H,6,11H2,1-2H3. The fourth-order valence-corrected chi connectivity index (χ4v) is 1.42. The number of aliphatic hydroxyl groups is 1. The summed E-state index contributed by atoms with van der Waals surface area (Å²) in [4.78, 5) is 8.03. The predicted octanol–water partition coefficient (Wildman–Crippen LogP) is 0.741. The molecular weight excluding hydrogens is 178 g/mol. The minimum atomic E-state index is -0.666. The lowest BCUT2D eigenvalue weighted by Crippen LogP contribution is -2.27. The van der Waals surface area contributed by atoms with Gasteiger partial charge in [0.05, 0.1) is 0 Å². The molecule has 0 fully saturated rings. The molecule has 1 heterocycles. The third kappa shape index (κ3) is 2.49. The van der Waals surface area contributed by atoms with Crippen molar-refractivity contribution in [3.05, 3.63) is 24.3 Å². The molecule has 0 aliphatic carbocycles. The molecule has 1 aromatic heterocycles. The van der Waals surface area contributed by atoms with E-state index in [0.29, 0.717) is 18.3 Å².